The number of carbonyl (C=O) groups is 3. The van der Waals surface area contributed by atoms with Gasteiger partial charge in [-0.25, -0.2) is 0 Å². The number of nitrogens with one attached hydrogen (secondary N) is 1. The Balaban J connectivity index is 1.24. The number of hydrogen-bond acceptors (Lipinski definition) is 22. The number of aliphatic hydroxyl groups excluding tert-OH is 10. The van der Waals surface area contributed by atoms with Crippen LogP contribution in [0.3, 0.4) is 0 Å². The largest absolute Gasteiger partial charge is 0.507 e. The third kappa shape index (κ3) is 8.52. The van der Waals surface area contributed by atoms with Crippen molar-refractivity contribution in [3.63, 3.8) is 0 Å². The summed E-state index contributed by atoms with van der Waals surface area (Å²) in [6, 6.07) is 3.15. The number of phenols is 2. The van der Waals surface area contributed by atoms with Gasteiger partial charge in [-0.15, -0.1) is 0 Å². The maximum Gasteiger partial charge on any atom is 0.202 e. The third-order valence-electron chi connectivity index (χ3n) is 11.8. The molecule has 0 aromatic heterocycles. The maximum atomic E-state index is 14.0. The van der Waals surface area contributed by atoms with Gasteiger partial charge < -0.3 is 95.4 Å². The van der Waals surface area contributed by atoms with E-state index in [0.29, 0.717) is 0 Å². The van der Waals surface area contributed by atoms with E-state index in [9.17, 15) is 80.8 Å². The average Bonchev–Trinajstić information content (AvgIpc) is 3.24. The van der Waals surface area contributed by atoms with Gasteiger partial charge in [0, 0.05) is 48.5 Å². The van der Waals surface area contributed by atoms with Gasteiger partial charge in [-0.1, -0.05) is 12.1 Å². The third-order valence-corrected chi connectivity index (χ3v) is 11.8. The molecule has 0 spiro atoms. The van der Waals surface area contributed by atoms with E-state index >= 15 is 0 Å². The monoisotopic (exact) mass is 869 g/mol. The fourth-order valence-corrected chi connectivity index (χ4v) is 8.37. The number of phenolic OH excluding ortho intramolecular Hbond substituents is 2. The summed E-state index contributed by atoms with van der Waals surface area (Å²) in [5.41, 5.74) is -4.54. The van der Waals surface area contributed by atoms with Crippen molar-refractivity contribution in [2.24, 2.45) is 0 Å². The quantitative estimate of drug-likeness (QED) is 0.0635. The van der Waals surface area contributed by atoms with Gasteiger partial charge in [-0.3, -0.25) is 14.4 Å². The first kappa shape index (κ1) is 46.7. The van der Waals surface area contributed by atoms with Gasteiger partial charge in [0.15, 0.2) is 24.1 Å². The molecule has 0 bridgehead atoms. The van der Waals surface area contributed by atoms with E-state index in [1.54, 1.807) is 0 Å². The van der Waals surface area contributed by atoms with Crippen molar-refractivity contribution in [3.05, 3.63) is 51.6 Å². The number of aromatic hydroxyl groups is 2. The number of ketones is 3. The summed E-state index contributed by atoms with van der Waals surface area (Å²) in [5.74, 6) is -4.46. The fourth-order valence-electron chi connectivity index (χ4n) is 8.37. The molecule has 22 nitrogen and oxygen atoms in total. The van der Waals surface area contributed by atoms with Crippen LogP contribution in [0.4, 0.5) is 0 Å². The van der Waals surface area contributed by atoms with Gasteiger partial charge >= 0.3 is 0 Å². The van der Waals surface area contributed by atoms with E-state index in [2.05, 4.69) is 5.32 Å². The first-order valence-electron chi connectivity index (χ1n) is 19.4. The lowest BCUT2D eigenvalue weighted by Crippen LogP contribution is -2.62. The van der Waals surface area contributed by atoms with Crippen LogP contribution in [-0.2, 0) is 30.2 Å². The van der Waals surface area contributed by atoms with E-state index in [1.807, 2.05) is 0 Å². The molecule has 14 N–H and O–H groups in total. The first-order valence-corrected chi connectivity index (χ1v) is 19.4. The van der Waals surface area contributed by atoms with Gasteiger partial charge in [0.1, 0.15) is 72.2 Å². The van der Waals surface area contributed by atoms with Crippen LogP contribution in [0.5, 0.6) is 17.2 Å². The number of aliphatic hydroxyl groups is 11. The Morgan fingerprint density at radius 1 is 0.918 bits per heavy atom. The number of hydrogen-bond donors (Lipinski definition) is 14. The predicted octanol–water partition coefficient (Wildman–Crippen LogP) is -5.11. The number of methoxy groups -OCH3 is 1. The molecule has 0 amide bonds. The van der Waals surface area contributed by atoms with Gasteiger partial charge in [0.2, 0.25) is 5.78 Å². The minimum absolute atomic E-state index is 0.00887. The molecule has 0 saturated carbocycles. The Bertz CT molecular complexity index is 1960. The molecule has 15 atom stereocenters. The molecule has 4 aliphatic rings. The second-order valence-corrected chi connectivity index (χ2v) is 15.6. The van der Waals surface area contributed by atoms with Crippen molar-refractivity contribution >= 4 is 17.3 Å². The van der Waals surface area contributed by atoms with E-state index < -0.39 is 171 Å². The van der Waals surface area contributed by atoms with Crippen LogP contribution in [0, 0.1) is 0 Å². The lowest BCUT2D eigenvalue weighted by molar-refractivity contribution is -0.327. The van der Waals surface area contributed by atoms with Crippen molar-refractivity contribution in [3.8, 4) is 17.2 Å². The summed E-state index contributed by atoms with van der Waals surface area (Å²) in [6.07, 6.45) is -23.6. The zero-order chi connectivity index (χ0) is 44.8. The van der Waals surface area contributed by atoms with E-state index in [1.165, 1.54) is 32.2 Å². The zero-order valence-electron chi connectivity index (χ0n) is 32.8. The maximum absolute atomic E-state index is 14.0. The molecule has 61 heavy (non-hydrogen) atoms. The van der Waals surface area contributed by atoms with Gasteiger partial charge in [0.25, 0.3) is 0 Å². The highest BCUT2D eigenvalue weighted by atomic mass is 16.7. The molecule has 2 aliphatic carbocycles. The topological polar surface area (TPSA) is 372 Å². The van der Waals surface area contributed by atoms with Crippen molar-refractivity contribution in [1.29, 1.82) is 0 Å². The van der Waals surface area contributed by atoms with Gasteiger partial charge in [0.05, 0.1) is 61.4 Å². The van der Waals surface area contributed by atoms with Gasteiger partial charge in [-0.05, 0) is 13.0 Å². The van der Waals surface area contributed by atoms with Crippen LogP contribution in [0.15, 0.2) is 18.2 Å². The summed E-state index contributed by atoms with van der Waals surface area (Å²) >= 11 is 0. The molecular weight excluding hydrogens is 818 g/mol. The lowest BCUT2D eigenvalue weighted by atomic mass is 9.72. The summed E-state index contributed by atoms with van der Waals surface area (Å²) in [5, 5.41) is 141. The molecule has 2 aliphatic heterocycles. The van der Waals surface area contributed by atoms with Crippen LogP contribution in [0.2, 0.25) is 0 Å². The normalized spacial score (nSPS) is 33.2. The molecule has 2 aromatic carbocycles. The summed E-state index contributed by atoms with van der Waals surface area (Å²) < 4.78 is 28.1. The van der Waals surface area contributed by atoms with Crippen LogP contribution >= 0.6 is 0 Å². The van der Waals surface area contributed by atoms with Crippen LogP contribution < -0.4 is 10.1 Å². The van der Waals surface area contributed by atoms with Crippen molar-refractivity contribution < 1.29 is 104 Å². The van der Waals surface area contributed by atoms with Crippen molar-refractivity contribution in [1.82, 2.24) is 5.32 Å². The highest BCUT2D eigenvalue weighted by Gasteiger charge is 2.51. The Morgan fingerprint density at radius 2 is 1.61 bits per heavy atom. The number of fused-ring (bicyclic) bond motifs is 3. The average molecular weight is 870 g/mol. The van der Waals surface area contributed by atoms with Crippen LogP contribution in [0.1, 0.15) is 68.8 Å². The van der Waals surface area contributed by atoms with Gasteiger partial charge in [-0.2, -0.15) is 0 Å². The number of Topliss-reactive ketones (excluding diaryl/α,β-unsaturated/α-hetero) is 1. The van der Waals surface area contributed by atoms with Crippen LogP contribution in [0.25, 0.3) is 0 Å². The van der Waals surface area contributed by atoms with E-state index in [0.717, 1.165) is 0 Å². The Morgan fingerprint density at radius 3 is 2.25 bits per heavy atom. The molecule has 2 saturated heterocycles. The lowest BCUT2D eigenvalue weighted by Gasteiger charge is -2.43. The second kappa shape index (κ2) is 18.5. The summed E-state index contributed by atoms with van der Waals surface area (Å²) in [4.78, 5) is 40.7. The molecule has 2 heterocycles. The zero-order valence-corrected chi connectivity index (χ0v) is 32.8. The van der Waals surface area contributed by atoms with Crippen LogP contribution in [-0.4, -0.2) is 202 Å². The highest BCUT2D eigenvalue weighted by molar-refractivity contribution is 6.31. The molecular formula is C39H51NO21. The first-order chi connectivity index (χ1) is 28.8. The fraction of sp³-hybridized carbons (Fsp3) is 0.615. The van der Waals surface area contributed by atoms with E-state index in [4.69, 9.17) is 23.7 Å². The number of rotatable bonds is 15. The number of ether oxygens (including phenoxy) is 5. The number of benzene rings is 2. The second-order valence-electron chi connectivity index (χ2n) is 15.6. The van der Waals surface area contributed by atoms with E-state index in [-0.39, 0.29) is 34.4 Å². The molecule has 2 aromatic rings. The minimum atomic E-state index is -2.43. The standard InChI is InChI=1S/C39H51NO21/c1-13-28(47)16(40-9-17(44)31(50)37(18(45)10-41)61-38-36(55)35(54)32(51)21(11-42)60-38)6-23(58-13)59-20-8-39(56,22(46)12-43)7-15-25(20)34(53)27-26(30(15)49)29(48)14-4-3-5-19(57-2)24(14)33(27)52/h3-5,13,16-18,20-21,23,28,31-32,35-38,40-45,47,49-51,53-56H,6-12H2,1-2H3/t13-,16-,17?,18?,20-,21+,23-,28+,31?,32-,35-,36+,37?,38-,39-/m0/s1. The Labute approximate surface area is 346 Å². The molecule has 4 unspecified atom stereocenters. The highest BCUT2D eigenvalue weighted by Crippen LogP contribution is 2.52. The SMILES string of the molecule is COc1cccc2c1C(=O)c1c(O)c3c(c(O)c1C2=O)C[C@@](O)(C(=O)CO)C[C@@H]3O[C@H]1C[C@H](NCC(O)C(O)C(O[C@@H]2O[C@H](CO)[C@H](O)[C@H](O)[C@H]2O)C(O)CO)[C@H](O)[C@H](C)O1. The Kier molecular flexibility index (Phi) is 14.2. The van der Waals surface area contributed by atoms with Crippen molar-refractivity contribution in [2.45, 2.75) is 118 Å². The molecule has 338 valence electrons. The summed E-state index contributed by atoms with van der Waals surface area (Å²) in [7, 11) is 1.27. The number of carbonyl (C=O) groups excluding carboxylic acids is 3. The smallest absolute Gasteiger partial charge is 0.202 e. The van der Waals surface area contributed by atoms with Crippen molar-refractivity contribution in [2.75, 3.05) is 33.5 Å². The minimum Gasteiger partial charge on any atom is -0.507 e. The molecule has 22 heteroatoms. The molecule has 0 radical (unpaired) electrons. The molecule has 6 rings (SSSR count). The summed E-state index contributed by atoms with van der Waals surface area (Å²) in [6.45, 7) is -2.12. The predicted molar refractivity (Wildman–Crippen MR) is 199 cm³/mol. The Hall–Kier alpha value is -3.79. The molecule has 2 fully saturated rings.